The topological polar surface area (TPSA) is 30.2 Å². The van der Waals surface area contributed by atoms with Crippen LogP contribution in [0.3, 0.4) is 0 Å². The van der Waals surface area contributed by atoms with Crippen LogP contribution in [0.1, 0.15) is 16.1 Å². The van der Waals surface area contributed by atoms with Crippen molar-refractivity contribution in [3.8, 4) is 11.3 Å². The van der Waals surface area contributed by atoms with E-state index in [2.05, 4.69) is 0 Å². The van der Waals surface area contributed by atoms with Crippen molar-refractivity contribution in [1.29, 1.82) is 0 Å². The van der Waals surface area contributed by atoms with E-state index in [4.69, 9.17) is 16.0 Å². The van der Waals surface area contributed by atoms with Gasteiger partial charge in [-0.15, -0.1) is 0 Å². The Balaban J connectivity index is 1.56. The number of carbonyl (C=O) groups excluding carboxylic acids is 1. The van der Waals surface area contributed by atoms with Crippen LogP contribution in [-0.4, -0.2) is 5.78 Å². The fraction of sp³-hybridized carbons (Fsp3) is 0. The first-order valence-electron chi connectivity index (χ1n) is 8.27. The second-order valence-corrected chi connectivity index (χ2v) is 6.35. The molecule has 0 aliphatic rings. The van der Waals surface area contributed by atoms with Crippen LogP contribution in [0.4, 0.5) is 0 Å². The molecule has 0 saturated heterocycles. The van der Waals surface area contributed by atoms with Crippen LogP contribution in [0, 0.1) is 0 Å². The fourth-order valence-corrected chi connectivity index (χ4v) is 3.07. The number of allylic oxidation sites excluding steroid dienone is 1. The van der Waals surface area contributed by atoms with E-state index in [1.807, 2.05) is 78.9 Å². The maximum atomic E-state index is 12.4. The summed E-state index contributed by atoms with van der Waals surface area (Å²) in [5.41, 5.74) is 1.48. The van der Waals surface area contributed by atoms with Crippen molar-refractivity contribution in [3.05, 3.63) is 101 Å². The lowest BCUT2D eigenvalue weighted by Gasteiger charge is -2.00. The van der Waals surface area contributed by atoms with E-state index in [1.54, 1.807) is 6.08 Å². The normalized spacial score (nSPS) is 11.3. The molecule has 2 nitrogen and oxygen atoms in total. The van der Waals surface area contributed by atoms with E-state index in [0.717, 1.165) is 16.3 Å². The third-order valence-corrected chi connectivity index (χ3v) is 4.53. The highest BCUT2D eigenvalue weighted by atomic mass is 35.5. The number of halogens is 1. The molecule has 4 aromatic rings. The molecule has 0 saturated carbocycles. The van der Waals surface area contributed by atoms with E-state index in [-0.39, 0.29) is 5.78 Å². The predicted octanol–water partition coefficient (Wildman–Crippen LogP) is 6.65. The molecule has 0 aliphatic carbocycles. The third-order valence-electron chi connectivity index (χ3n) is 4.20. The summed E-state index contributed by atoms with van der Waals surface area (Å²) in [5.74, 6) is 1.22. The molecule has 0 radical (unpaired) electrons. The summed E-state index contributed by atoms with van der Waals surface area (Å²) >= 11 is 6.19. The summed E-state index contributed by atoms with van der Waals surface area (Å²) in [6.45, 7) is 0. The van der Waals surface area contributed by atoms with E-state index < -0.39 is 0 Å². The van der Waals surface area contributed by atoms with E-state index >= 15 is 0 Å². The van der Waals surface area contributed by atoms with Gasteiger partial charge in [0.05, 0.1) is 5.02 Å². The van der Waals surface area contributed by atoms with Crippen molar-refractivity contribution in [2.45, 2.75) is 0 Å². The SMILES string of the molecule is O=C(/C=C/c1ccc(-c2ccccc2Cl)o1)c1ccc2ccccc2c1. The van der Waals surface area contributed by atoms with Gasteiger partial charge in [-0.25, -0.2) is 0 Å². The van der Waals surface area contributed by atoms with Gasteiger partial charge >= 0.3 is 0 Å². The first-order valence-corrected chi connectivity index (χ1v) is 8.64. The average Bonchev–Trinajstić information content (AvgIpc) is 3.15. The summed E-state index contributed by atoms with van der Waals surface area (Å²) in [4.78, 5) is 12.4. The first kappa shape index (κ1) is 16.4. The summed E-state index contributed by atoms with van der Waals surface area (Å²) in [6, 6.07) is 24.8. The largest absolute Gasteiger partial charge is 0.457 e. The highest BCUT2D eigenvalue weighted by molar-refractivity contribution is 6.33. The quantitative estimate of drug-likeness (QED) is 0.302. The van der Waals surface area contributed by atoms with Gasteiger partial charge in [0.15, 0.2) is 5.78 Å². The zero-order valence-corrected chi connectivity index (χ0v) is 14.6. The maximum Gasteiger partial charge on any atom is 0.185 e. The van der Waals surface area contributed by atoms with Crippen molar-refractivity contribution in [1.82, 2.24) is 0 Å². The monoisotopic (exact) mass is 358 g/mol. The number of ketones is 1. The second kappa shape index (κ2) is 7.03. The number of furan rings is 1. The lowest BCUT2D eigenvalue weighted by atomic mass is 10.0. The van der Waals surface area contributed by atoms with Gasteiger partial charge in [-0.2, -0.15) is 0 Å². The van der Waals surface area contributed by atoms with Gasteiger partial charge in [0.25, 0.3) is 0 Å². The Kier molecular flexibility index (Phi) is 4.42. The average molecular weight is 359 g/mol. The van der Waals surface area contributed by atoms with Crippen LogP contribution in [0.2, 0.25) is 5.02 Å². The molecule has 3 aromatic carbocycles. The first-order chi connectivity index (χ1) is 12.7. The van der Waals surface area contributed by atoms with Gasteiger partial charge in [-0.3, -0.25) is 4.79 Å². The van der Waals surface area contributed by atoms with Gasteiger partial charge in [0, 0.05) is 11.1 Å². The molecule has 0 atom stereocenters. The minimum absolute atomic E-state index is 0.0635. The number of hydrogen-bond acceptors (Lipinski definition) is 2. The number of rotatable bonds is 4. The highest BCUT2D eigenvalue weighted by Gasteiger charge is 2.08. The molecule has 0 unspecified atom stereocenters. The van der Waals surface area contributed by atoms with Crippen molar-refractivity contribution in [3.63, 3.8) is 0 Å². The van der Waals surface area contributed by atoms with Crippen LogP contribution < -0.4 is 0 Å². The molecule has 4 rings (SSSR count). The minimum atomic E-state index is -0.0635. The summed E-state index contributed by atoms with van der Waals surface area (Å²) in [5, 5.41) is 2.79. The summed E-state index contributed by atoms with van der Waals surface area (Å²) in [6.07, 6.45) is 3.21. The Morgan fingerprint density at radius 3 is 2.46 bits per heavy atom. The zero-order valence-electron chi connectivity index (χ0n) is 13.9. The molecule has 126 valence electrons. The Labute approximate surface area is 156 Å². The van der Waals surface area contributed by atoms with E-state index in [9.17, 15) is 4.79 Å². The molecule has 0 spiro atoms. The molecule has 0 N–H and O–H groups in total. The third kappa shape index (κ3) is 3.32. The van der Waals surface area contributed by atoms with Gasteiger partial charge in [-0.1, -0.05) is 60.1 Å². The van der Waals surface area contributed by atoms with Crippen molar-refractivity contribution < 1.29 is 9.21 Å². The Hall–Kier alpha value is -3.10. The lowest BCUT2D eigenvalue weighted by Crippen LogP contribution is -1.93. The highest BCUT2D eigenvalue weighted by Crippen LogP contribution is 2.29. The van der Waals surface area contributed by atoms with Crippen molar-refractivity contribution in [2.24, 2.45) is 0 Å². The molecule has 3 heteroatoms. The van der Waals surface area contributed by atoms with Gasteiger partial charge in [-0.05, 0) is 53.3 Å². The van der Waals surface area contributed by atoms with Crippen LogP contribution in [-0.2, 0) is 0 Å². The Morgan fingerprint density at radius 1 is 0.846 bits per heavy atom. The summed E-state index contributed by atoms with van der Waals surface area (Å²) in [7, 11) is 0. The zero-order chi connectivity index (χ0) is 17.9. The molecule has 1 heterocycles. The molecule has 26 heavy (non-hydrogen) atoms. The van der Waals surface area contributed by atoms with Crippen LogP contribution in [0.25, 0.3) is 28.2 Å². The Morgan fingerprint density at radius 2 is 1.62 bits per heavy atom. The standard InChI is InChI=1S/C23H15ClO2/c24-21-8-4-3-7-20(21)23-14-12-19(26-23)11-13-22(25)18-10-9-16-5-1-2-6-17(16)15-18/h1-15H/b13-11+. The van der Waals surface area contributed by atoms with E-state index in [1.165, 1.54) is 6.08 Å². The molecule has 0 fully saturated rings. The number of benzene rings is 3. The van der Waals surface area contributed by atoms with Gasteiger partial charge in [0.2, 0.25) is 0 Å². The number of hydrogen-bond donors (Lipinski definition) is 0. The lowest BCUT2D eigenvalue weighted by molar-refractivity contribution is 0.104. The molecule has 0 aliphatic heterocycles. The smallest absolute Gasteiger partial charge is 0.185 e. The molecule has 0 amide bonds. The van der Waals surface area contributed by atoms with Gasteiger partial charge in [0.1, 0.15) is 11.5 Å². The number of fused-ring (bicyclic) bond motifs is 1. The predicted molar refractivity (Wildman–Crippen MR) is 106 cm³/mol. The molecular formula is C23H15ClO2. The van der Waals surface area contributed by atoms with Crippen LogP contribution in [0.5, 0.6) is 0 Å². The van der Waals surface area contributed by atoms with E-state index in [0.29, 0.717) is 22.1 Å². The summed E-state index contributed by atoms with van der Waals surface area (Å²) < 4.78 is 5.78. The number of carbonyl (C=O) groups is 1. The molecular weight excluding hydrogens is 344 g/mol. The fourth-order valence-electron chi connectivity index (χ4n) is 2.84. The Bertz CT molecular complexity index is 1120. The van der Waals surface area contributed by atoms with Gasteiger partial charge < -0.3 is 4.42 Å². The van der Waals surface area contributed by atoms with Crippen molar-refractivity contribution in [2.75, 3.05) is 0 Å². The van der Waals surface area contributed by atoms with Crippen molar-refractivity contribution >= 4 is 34.2 Å². The molecule has 1 aromatic heterocycles. The second-order valence-electron chi connectivity index (χ2n) is 5.94. The maximum absolute atomic E-state index is 12.4. The molecule has 0 bridgehead atoms. The van der Waals surface area contributed by atoms with Crippen LogP contribution >= 0.6 is 11.6 Å². The minimum Gasteiger partial charge on any atom is -0.457 e. The van der Waals surface area contributed by atoms with Crippen LogP contribution in [0.15, 0.2) is 89.4 Å².